The first-order valence-corrected chi connectivity index (χ1v) is 6.89. The Morgan fingerprint density at radius 1 is 1.50 bits per heavy atom. The lowest BCUT2D eigenvalue weighted by Crippen LogP contribution is -2.39. The van der Waals surface area contributed by atoms with Gasteiger partial charge in [0.05, 0.1) is 12.6 Å². The van der Waals surface area contributed by atoms with Crippen molar-refractivity contribution in [2.45, 2.75) is 33.2 Å². The van der Waals surface area contributed by atoms with Crippen LogP contribution in [-0.4, -0.2) is 28.6 Å². The highest BCUT2D eigenvalue weighted by Gasteiger charge is 2.18. The second kappa shape index (κ2) is 7.41. The van der Waals surface area contributed by atoms with Gasteiger partial charge in [-0.15, -0.1) is 0 Å². The summed E-state index contributed by atoms with van der Waals surface area (Å²) in [7, 11) is 0. The van der Waals surface area contributed by atoms with Crippen molar-refractivity contribution in [3.8, 4) is 0 Å². The standard InChI is InChI=1S/C15H21ClN2O2/c1-15(2,3)8-12(10-19)18-14(20)7-5-11-4-6-13(16)17-9-11/h4-7,9,12,19H,8,10H2,1-3H3,(H,18,20)/b7-5+. The molecular formula is C15H21ClN2O2. The first-order chi connectivity index (χ1) is 9.30. The van der Waals surface area contributed by atoms with Crippen molar-refractivity contribution in [1.29, 1.82) is 0 Å². The number of aromatic nitrogens is 1. The molecule has 0 saturated heterocycles. The van der Waals surface area contributed by atoms with E-state index in [2.05, 4.69) is 31.1 Å². The van der Waals surface area contributed by atoms with E-state index in [9.17, 15) is 9.90 Å². The maximum Gasteiger partial charge on any atom is 0.244 e. The van der Waals surface area contributed by atoms with E-state index in [0.29, 0.717) is 11.6 Å². The number of aliphatic hydroxyl groups excluding tert-OH is 1. The third-order valence-corrected chi connectivity index (χ3v) is 2.83. The molecule has 0 radical (unpaired) electrons. The maximum absolute atomic E-state index is 11.8. The molecule has 5 heteroatoms. The fourth-order valence-corrected chi connectivity index (χ4v) is 1.92. The monoisotopic (exact) mass is 296 g/mol. The van der Waals surface area contributed by atoms with E-state index in [1.165, 1.54) is 6.08 Å². The topological polar surface area (TPSA) is 62.2 Å². The molecule has 0 spiro atoms. The molecule has 20 heavy (non-hydrogen) atoms. The van der Waals surface area contributed by atoms with Crippen molar-refractivity contribution < 1.29 is 9.90 Å². The highest BCUT2D eigenvalue weighted by Crippen LogP contribution is 2.20. The Labute approximate surface area is 124 Å². The average Bonchev–Trinajstić information content (AvgIpc) is 2.35. The van der Waals surface area contributed by atoms with E-state index in [1.807, 2.05) is 0 Å². The molecule has 0 saturated carbocycles. The third-order valence-electron chi connectivity index (χ3n) is 2.60. The number of hydrogen-bond donors (Lipinski definition) is 2. The summed E-state index contributed by atoms with van der Waals surface area (Å²) in [6.07, 6.45) is 5.39. The molecule has 0 aliphatic rings. The van der Waals surface area contributed by atoms with Crippen molar-refractivity contribution in [3.05, 3.63) is 35.1 Å². The lowest BCUT2D eigenvalue weighted by Gasteiger charge is -2.24. The number of carbonyl (C=O) groups is 1. The predicted octanol–water partition coefficient (Wildman–Crippen LogP) is 2.66. The smallest absolute Gasteiger partial charge is 0.244 e. The average molecular weight is 297 g/mol. The van der Waals surface area contributed by atoms with Gasteiger partial charge in [-0.1, -0.05) is 38.4 Å². The van der Waals surface area contributed by atoms with Gasteiger partial charge in [-0.05, 0) is 29.5 Å². The Bertz CT molecular complexity index is 464. The lowest BCUT2D eigenvalue weighted by atomic mass is 9.88. The molecule has 1 unspecified atom stereocenters. The molecule has 0 aliphatic carbocycles. The first kappa shape index (κ1) is 16.7. The summed E-state index contributed by atoms with van der Waals surface area (Å²) < 4.78 is 0. The van der Waals surface area contributed by atoms with Crippen LogP contribution in [0.3, 0.4) is 0 Å². The van der Waals surface area contributed by atoms with E-state index in [0.717, 1.165) is 5.56 Å². The zero-order valence-electron chi connectivity index (χ0n) is 12.1. The summed E-state index contributed by atoms with van der Waals surface area (Å²) in [5.41, 5.74) is 0.839. The molecule has 1 aromatic rings. The lowest BCUT2D eigenvalue weighted by molar-refractivity contribution is -0.117. The van der Waals surface area contributed by atoms with Crippen LogP contribution in [0.1, 0.15) is 32.8 Å². The van der Waals surface area contributed by atoms with Crippen LogP contribution in [0.4, 0.5) is 0 Å². The number of rotatable bonds is 5. The number of amides is 1. The third kappa shape index (κ3) is 6.68. The van der Waals surface area contributed by atoms with Crippen molar-refractivity contribution in [2.75, 3.05) is 6.61 Å². The Kier molecular flexibility index (Phi) is 6.17. The Morgan fingerprint density at radius 2 is 2.20 bits per heavy atom. The van der Waals surface area contributed by atoms with E-state index >= 15 is 0 Å². The number of carbonyl (C=O) groups excluding carboxylic acids is 1. The molecule has 1 amide bonds. The van der Waals surface area contributed by atoms with Crippen LogP contribution in [0.25, 0.3) is 6.08 Å². The molecule has 1 heterocycles. The van der Waals surface area contributed by atoms with E-state index in [4.69, 9.17) is 11.6 Å². The molecule has 0 fully saturated rings. The Hall–Kier alpha value is -1.39. The van der Waals surface area contributed by atoms with Gasteiger partial charge in [0, 0.05) is 12.3 Å². The van der Waals surface area contributed by atoms with Gasteiger partial charge in [0.1, 0.15) is 5.15 Å². The van der Waals surface area contributed by atoms with Gasteiger partial charge in [0.2, 0.25) is 5.91 Å². The molecular weight excluding hydrogens is 276 g/mol. The summed E-state index contributed by atoms with van der Waals surface area (Å²) in [6.45, 7) is 6.13. The van der Waals surface area contributed by atoms with Gasteiger partial charge in [-0.2, -0.15) is 0 Å². The van der Waals surface area contributed by atoms with Gasteiger partial charge in [0.25, 0.3) is 0 Å². The van der Waals surface area contributed by atoms with Crippen LogP contribution < -0.4 is 5.32 Å². The van der Waals surface area contributed by atoms with Crippen LogP contribution in [0.2, 0.25) is 5.15 Å². The van der Waals surface area contributed by atoms with E-state index < -0.39 is 0 Å². The second-order valence-corrected chi connectivity index (χ2v) is 6.29. The van der Waals surface area contributed by atoms with Crippen LogP contribution in [0.5, 0.6) is 0 Å². The SMILES string of the molecule is CC(C)(C)CC(CO)NC(=O)/C=C/c1ccc(Cl)nc1. The normalized spacial score (nSPS) is 13.4. The summed E-state index contributed by atoms with van der Waals surface area (Å²) >= 11 is 5.68. The van der Waals surface area contributed by atoms with Crippen molar-refractivity contribution >= 4 is 23.6 Å². The maximum atomic E-state index is 11.8. The first-order valence-electron chi connectivity index (χ1n) is 6.51. The minimum absolute atomic E-state index is 0.0461. The van der Waals surface area contributed by atoms with Gasteiger partial charge in [-0.25, -0.2) is 4.98 Å². The van der Waals surface area contributed by atoms with E-state index in [-0.39, 0.29) is 24.0 Å². The van der Waals surface area contributed by atoms with Gasteiger partial charge >= 0.3 is 0 Å². The molecule has 1 rings (SSSR count). The van der Waals surface area contributed by atoms with Crippen molar-refractivity contribution in [2.24, 2.45) is 5.41 Å². The summed E-state index contributed by atoms with van der Waals surface area (Å²) in [5, 5.41) is 12.5. The zero-order valence-corrected chi connectivity index (χ0v) is 12.8. The highest BCUT2D eigenvalue weighted by atomic mass is 35.5. The second-order valence-electron chi connectivity index (χ2n) is 5.90. The quantitative estimate of drug-likeness (QED) is 0.648. The molecule has 1 atom stereocenters. The summed E-state index contributed by atoms with van der Waals surface area (Å²) in [6, 6.07) is 3.20. The number of nitrogens with one attached hydrogen (secondary N) is 1. The molecule has 110 valence electrons. The van der Waals surface area contributed by atoms with E-state index in [1.54, 1.807) is 24.4 Å². The molecule has 0 aliphatic heterocycles. The predicted molar refractivity (Wildman–Crippen MR) is 81.4 cm³/mol. The number of hydrogen-bond acceptors (Lipinski definition) is 3. The van der Waals surface area contributed by atoms with Crippen LogP contribution in [0, 0.1) is 5.41 Å². The summed E-state index contributed by atoms with van der Waals surface area (Å²) in [4.78, 5) is 15.7. The molecule has 0 bridgehead atoms. The van der Waals surface area contributed by atoms with Crippen LogP contribution in [0.15, 0.2) is 24.4 Å². The minimum Gasteiger partial charge on any atom is -0.394 e. The van der Waals surface area contributed by atoms with Crippen molar-refractivity contribution in [3.63, 3.8) is 0 Å². The number of pyridine rings is 1. The van der Waals surface area contributed by atoms with Gasteiger partial charge in [-0.3, -0.25) is 4.79 Å². The number of nitrogens with zero attached hydrogens (tertiary/aromatic N) is 1. The minimum atomic E-state index is -0.240. The zero-order chi connectivity index (χ0) is 15.2. The van der Waals surface area contributed by atoms with Gasteiger partial charge < -0.3 is 10.4 Å². The fraction of sp³-hybridized carbons (Fsp3) is 0.467. The molecule has 2 N–H and O–H groups in total. The molecule has 0 aromatic carbocycles. The largest absolute Gasteiger partial charge is 0.394 e. The van der Waals surface area contributed by atoms with Crippen molar-refractivity contribution in [1.82, 2.24) is 10.3 Å². The Balaban J connectivity index is 2.55. The summed E-state index contributed by atoms with van der Waals surface area (Å²) in [5.74, 6) is -0.233. The molecule has 4 nitrogen and oxygen atoms in total. The molecule has 1 aromatic heterocycles. The van der Waals surface area contributed by atoms with Crippen LogP contribution >= 0.6 is 11.6 Å². The highest BCUT2D eigenvalue weighted by molar-refractivity contribution is 6.29. The Morgan fingerprint density at radius 3 is 2.70 bits per heavy atom. The number of aliphatic hydroxyl groups is 1. The number of halogens is 1. The van der Waals surface area contributed by atoms with Gasteiger partial charge in [0.15, 0.2) is 0 Å². The van der Waals surface area contributed by atoms with Crippen LogP contribution in [-0.2, 0) is 4.79 Å². The fourth-order valence-electron chi connectivity index (χ4n) is 1.81.